The highest BCUT2D eigenvalue weighted by Crippen LogP contribution is 2.34. The second-order valence-electron chi connectivity index (χ2n) is 6.14. The fourth-order valence-electron chi connectivity index (χ4n) is 2.13. The van der Waals surface area contributed by atoms with E-state index in [1.165, 1.54) is 36.4 Å². The number of anilines is 1. The topological polar surface area (TPSA) is 62.1 Å². The van der Waals surface area contributed by atoms with Gasteiger partial charge in [-0.15, -0.1) is 0 Å². The largest absolute Gasteiger partial charge is 0.491 e. The highest BCUT2D eigenvalue weighted by Gasteiger charge is 2.15. The Morgan fingerprint density at radius 2 is 1.96 bits per heavy atom. The van der Waals surface area contributed by atoms with E-state index in [0.29, 0.717) is 28.6 Å². The van der Waals surface area contributed by atoms with Gasteiger partial charge in [-0.2, -0.15) is 5.26 Å². The smallest absolute Gasteiger partial charge is 0.266 e. The average Bonchev–Trinajstić information content (AvgIpc) is 2.60. The van der Waals surface area contributed by atoms with Gasteiger partial charge in [0.1, 0.15) is 23.2 Å². The number of hydrogen-bond acceptors (Lipinski definition) is 3. The lowest BCUT2D eigenvalue weighted by Gasteiger charge is -2.14. The van der Waals surface area contributed by atoms with Crippen molar-refractivity contribution in [1.29, 1.82) is 5.26 Å². The number of nitrogens with one attached hydrogen (secondary N) is 1. The zero-order chi connectivity index (χ0) is 20.0. The molecule has 0 spiro atoms. The predicted molar refractivity (Wildman–Crippen MR) is 105 cm³/mol. The summed E-state index contributed by atoms with van der Waals surface area (Å²) in [5.41, 5.74) is 0.606. The molecule has 0 bridgehead atoms. The monoisotopic (exact) mass is 406 g/mol. The molecule has 0 unspecified atom stereocenters. The summed E-state index contributed by atoms with van der Waals surface area (Å²) in [5, 5.41) is 12.5. The van der Waals surface area contributed by atoms with Crippen LogP contribution >= 0.6 is 23.2 Å². The molecule has 0 aliphatic heterocycles. The van der Waals surface area contributed by atoms with Crippen molar-refractivity contribution >= 4 is 40.9 Å². The molecule has 0 atom stereocenters. The minimum atomic E-state index is -0.644. The lowest BCUT2D eigenvalue weighted by molar-refractivity contribution is -0.112. The van der Waals surface area contributed by atoms with E-state index in [9.17, 15) is 14.4 Å². The van der Waals surface area contributed by atoms with Gasteiger partial charge in [-0.05, 0) is 48.4 Å². The predicted octanol–water partition coefficient (Wildman–Crippen LogP) is 5.71. The SMILES string of the molecule is CC(C)COc1c(Cl)cc(Cl)cc1/C=C(\C#N)C(=O)Nc1ccc(F)cc1. The van der Waals surface area contributed by atoms with Gasteiger partial charge in [0.25, 0.3) is 5.91 Å². The van der Waals surface area contributed by atoms with Gasteiger partial charge < -0.3 is 10.1 Å². The summed E-state index contributed by atoms with van der Waals surface area (Å²) in [4.78, 5) is 12.4. The molecule has 0 saturated carbocycles. The molecule has 7 heteroatoms. The van der Waals surface area contributed by atoms with Gasteiger partial charge in [0, 0.05) is 16.3 Å². The highest BCUT2D eigenvalue weighted by molar-refractivity contribution is 6.36. The lowest BCUT2D eigenvalue weighted by Crippen LogP contribution is -2.13. The maximum Gasteiger partial charge on any atom is 0.266 e. The number of carbonyl (C=O) groups excluding carboxylic acids is 1. The van der Waals surface area contributed by atoms with E-state index in [4.69, 9.17) is 27.9 Å². The van der Waals surface area contributed by atoms with Gasteiger partial charge in [0.15, 0.2) is 0 Å². The van der Waals surface area contributed by atoms with Crippen molar-refractivity contribution in [1.82, 2.24) is 0 Å². The van der Waals surface area contributed by atoms with E-state index >= 15 is 0 Å². The van der Waals surface area contributed by atoms with Crippen LogP contribution in [0.3, 0.4) is 0 Å². The average molecular weight is 407 g/mol. The molecule has 0 aromatic heterocycles. The summed E-state index contributed by atoms with van der Waals surface area (Å²) in [6.07, 6.45) is 1.35. The molecule has 0 radical (unpaired) electrons. The molecule has 4 nitrogen and oxygen atoms in total. The Morgan fingerprint density at radius 3 is 2.56 bits per heavy atom. The summed E-state index contributed by atoms with van der Waals surface area (Å²) < 4.78 is 18.7. The number of amides is 1. The zero-order valence-corrected chi connectivity index (χ0v) is 16.2. The molecule has 2 aromatic carbocycles. The molecule has 0 aliphatic rings. The lowest BCUT2D eigenvalue weighted by atomic mass is 10.1. The van der Waals surface area contributed by atoms with Crippen LogP contribution in [-0.4, -0.2) is 12.5 Å². The van der Waals surface area contributed by atoms with Crippen LogP contribution in [0.4, 0.5) is 10.1 Å². The molecule has 1 amide bonds. The first-order chi connectivity index (χ1) is 12.8. The normalized spacial score (nSPS) is 11.2. The Hall–Kier alpha value is -2.55. The van der Waals surface area contributed by atoms with E-state index in [1.54, 1.807) is 6.07 Å². The summed E-state index contributed by atoms with van der Waals surface area (Å²) in [6, 6.07) is 10.1. The number of nitriles is 1. The number of benzene rings is 2. The van der Waals surface area contributed by atoms with Gasteiger partial charge in [0.2, 0.25) is 0 Å². The van der Waals surface area contributed by atoms with Gasteiger partial charge in [-0.1, -0.05) is 37.0 Å². The van der Waals surface area contributed by atoms with Gasteiger partial charge in [0.05, 0.1) is 11.6 Å². The summed E-state index contributed by atoms with van der Waals surface area (Å²) in [6.45, 7) is 4.37. The van der Waals surface area contributed by atoms with Crippen LogP contribution in [0.2, 0.25) is 10.0 Å². The number of nitrogens with zero attached hydrogens (tertiary/aromatic N) is 1. The third-order valence-corrected chi connectivity index (χ3v) is 3.86. The molecular formula is C20H17Cl2FN2O2. The van der Waals surface area contributed by atoms with Crippen LogP contribution in [0.15, 0.2) is 42.0 Å². The maximum absolute atomic E-state index is 13.0. The van der Waals surface area contributed by atoms with Crippen LogP contribution in [0, 0.1) is 23.1 Å². The molecule has 140 valence electrons. The first kappa shape index (κ1) is 20.8. The Balaban J connectivity index is 2.34. The van der Waals surface area contributed by atoms with E-state index < -0.39 is 11.7 Å². The molecule has 2 aromatic rings. The van der Waals surface area contributed by atoms with Crippen molar-refractivity contribution < 1.29 is 13.9 Å². The minimum Gasteiger partial charge on any atom is -0.491 e. The van der Waals surface area contributed by atoms with Crippen molar-refractivity contribution in [3.8, 4) is 11.8 Å². The molecule has 2 rings (SSSR count). The molecule has 1 N–H and O–H groups in total. The van der Waals surface area contributed by atoms with E-state index in [1.807, 2.05) is 19.9 Å². The standard InChI is InChI=1S/C20H17Cl2FN2O2/c1-12(2)11-27-19-13(8-15(21)9-18(19)22)7-14(10-24)20(26)25-17-5-3-16(23)4-6-17/h3-9,12H,11H2,1-2H3,(H,25,26)/b14-7+. The van der Waals surface area contributed by atoms with Crippen molar-refractivity contribution in [3.05, 3.63) is 63.4 Å². The van der Waals surface area contributed by atoms with Crippen LogP contribution in [0.5, 0.6) is 5.75 Å². The summed E-state index contributed by atoms with van der Waals surface area (Å²) in [7, 11) is 0. The quantitative estimate of drug-likeness (QED) is 0.493. The Morgan fingerprint density at radius 1 is 1.30 bits per heavy atom. The Kier molecular flexibility index (Phi) is 7.23. The van der Waals surface area contributed by atoms with Crippen LogP contribution in [0.25, 0.3) is 6.08 Å². The van der Waals surface area contributed by atoms with Gasteiger partial charge in [-0.3, -0.25) is 4.79 Å². The molecule has 0 fully saturated rings. The number of hydrogen-bond donors (Lipinski definition) is 1. The molecule has 0 heterocycles. The highest BCUT2D eigenvalue weighted by atomic mass is 35.5. The van der Waals surface area contributed by atoms with Crippen LogP contribution in [-0.2, 0) is 4.79 Å². The number of halogens is 3. The Bertz CT molecular complexity index is 903. The fraction of sp³-hybridized carbons (Fsp3) is 0.200. The van der Waals surface area contributed by atoms with Gasteiger partial charge in [-0.25, -0.2) is 4.39 Å². The van der Waals surface area contributed by atoms with Gasteiger partial charge >= 0.3 is 0 Å². The second kappa shape index (κ2) is 9.40. The van der Waals surface area contributed by atoms with Crippen molar-refractivity contribution in [3.63, 3.8) is 0 Å². The molecule has 0 aliphatic carbocycles. The van der Waals surface area contributed by atoms with E-state index in [-0.39, 0.29) is 16.5 Å². The molecular weight excluding hydrogens is 390 g/mol. The molecule has 27 heavy (non-hydrogen) atoms. The number of carbonyl (C=O) groups is 1. The van der Waals surface area contributed by atoms with Crippen molar-refractivity contribution in [2.45, 2.75) is 13.8 Å². The fourth-order valence-corrected chi connectivity index (χ4v) is 2.69. The molecule has 0 saturated heterocycles. The maximum atomic E-state index is 13.0. The van der Waals surface area contributed by atoms with Crippen LogP contribution in [0.1, 0.15) is 19.4 Å². The minimum absolute atomic E-state index is 0.174. The first-order valence-corrected chi connectivity index (χ1v) is 8.86. The van der Waals surface area contributed by atoms with E-state index in [2.05, 4.69) is 5.32 Å². The number of rotatable bonds is 6. The first-order valence-electron chi connectivity index (χ1n) is 8.10. The summed E-state index contributed by atoms with van der Waals surface area (Å²) >= 11 is 12.3. The third kappa shape index (κ3) is 5.99. The van der Waals surface area contributed by atoms with E-state index in [0.717, 1.165) is 0 Å². The summed E-state index contributed by atoms with van der Waals surface area (Å²) in [5.74, 6) is -0.470. The van der Waals surface area contributed by atoms with Crippen LogP contribution < -0.4 is 10.1 Å². The van der Waals surface area contributed by atoms with Crippen molar-refractivity contribution in [2.24, 2.45) is 5.92 Å². The van der Waals surface area contributed by atoms with Crippen molar-refractivity contribution in [2.75, 3.05) is 11.9 Å². The number of ether oxygens (including phenoxy) is 1. The third-order valence-electron chi connectivity index (χ3n) is 3.37. The second-order valence-corrected chi connectivity index (χ2v) is 6.99. The zero-order valence-electron chi connectivity index (χ0n) is 14.7. The Labute approximate surface area is 167 Å².